The number of nitrogens with zero attached hydrogens (tertiary/aromatic N) is 2. The van der Waals surface area contributed by atoms with Crippen molar-refractivity contribution in [3.8, 4) is 6.07 Å². The Labute approximate surface area is 63.6 Å². The molecule has 0 unspecified atom stereocenters. The second-order valence-corrected chi connectivity index (χ2v) is 2.69. The zero-order valence-electron chi connectivity index (χ0n) is 5.87. The highest BCUT2D eigenvalue weighted by molar-refractivity contribution is 5.50. The first-order valence-corrected chi connectivity index (χ1v) is 3.48. The number of nitrogens with two attached hydrogens (primary N) is 1. The maximum atomic E-state index is 8.63. The van der Waals surface area contributed by atoms with Gasteiger partial charge >= 0.3 is 0 Å². The minimum atomic E-state index is 0.148. The van der Waals surface area contributed by atoms with Gasteiger partial charge in [-0.3, -0.25) is 0 Å². The molecule has 1 heterocycles. The highest BCUT2D eigenvalue weighted by atomic mass is 16.5. The van der Waals surface area contributed by atoms with Crippen molar-refractivity contribution >= 4 is 5.88 Å². The Balaban J connectivity index is 2.47. The van der Waals surface area contributed by atoms with Crippen molar-refractivity contribution in [3.63, 3.8) is 0 Å². The first-order chi connectivity index (χ1) is 5.33. The second kappa shape index (κ2) is 1.99. The quantitative estimate of drug-likeness (QED) is 0.646. The molecule has 1 aliphatic rings. The van der Waals surface area contributed by atoms with Crippen LogP contribution in [0.2, 0.25) is 0 Å². The van der Waals surface area contributed by atoms with Gasteiger partial charge < -0.3 is 10.3 Å². The maximum Gasteiger partial charge on any atom is 0.240 e. The van der Waals surface area contributed by atoms with Gasteiger partial charge in [-0.1, -0.05) is 5.16 Å². The highest BCUT2D eigenvalue weighted by Crippen LogP contribution is 2.41. The molecule has 56 valence electrons. The van der Waals surface area contributed by atoms with Crippen LogP contribution in [0.15, 0.2) is 4.52 Å². The summed E-state index contributed by atoms with van der Waals surface area (Å²) in [6.45, 7) is 0. The van der Waals surface area contributed by atoms with Crippen LogP contribution in [0.1, 0.15) is 30.0 Å². The lowest BCUT2D eigenvalue weighted by molar-refractivity contribution is 0.428. The molecule has 0 saturated heterocycles. The number of aromatic nitrogens is 1. The van der Waals surface area contributed by atoms with Crippen molar-refractivity contribution in [3.05, 3.63) is 11.3 Å². The third-order valence-corrected chi connectivity index (χ3v) is 1.82. The molecule has 2 rings (SSSR count). The first kappa shape index (κ1) is 6.23. The van der Waals surface area contributed by atoms with Gasteiger partial charge in [0.05, 0.1) is 0 Å². The van der Waals surface area contributed by atoms with Crippen LogP contribution in [0.25, 0.3) is 0 Å². The number of anilines is 1. The Bertz CT molecular complexity index is 319. The molecular formula is C7H7N3O. The molecular weight excluding hydrogens is 142 g/mol. The predicted molar refractivity (Wildman–Crippen MR) is 37.6 cm³/mol. The Morgan fingerprint density at radius 2 is 2.36 bits per heavy atom. The second-order valence-electron chi connectivity index (χ2n) is 2.69. The van der Waals surface area contributed by atoms with E-state index in [1.807, 2.05) is 6.07 Å². The average Bonchev–Trinajstić information content (AvgIpc) is 2.76. The minimum Gasteiger partial charge on any atom is -0.366 e. The molecule has 1 fully saturated rings. The van der Waals surface area contributed by atoms with E-state index in [-0.39, 0.29) is 5.88 Å². The maximum absolute atomic E-state index is 8.63. The van der Waals surface area contributed by atoms with Gasteiger partial charge in [0.25, 0.3) is 0 Å². The molecule has 2 N–H and O–H groups in total. The van der Waals surface area contributed by atoms with E-state index < -0.39 is 0 Å². The van der Waals surface area contributed by atoms with E-state index in [2.05, 4.69) is 5.16 Å². The third kappa shape index (κ3) is 0.855. The van der Waals surface area contributed by atoms with Crippen LogP contribution < -0.4 is 5.73 Å². The summed E-state index contributed by atoms with van der Waals surface area (Å²) in [4.78, 5) is 0. The van der Waals surface area contributed by atoms with Crippen molar-refractivity contribution in [1.82, 2.24) is 5.16 Å². The molecule has 0 aromatic carbocycles. The molecule has 0 bridgehead atoms. The lowest BCUT2D eigenvalue weighted by Gasteiger charge is -1.85. The first-order valence-electron chi connectivity index (χ1n) is 3.48. The molecule has 1 aromatic rings. The fraction of sp³-hybridized carbons (Fsp3) is 0.429. The molecule has 1 saturated carbocycles. The zero-order valence-corrected chi connectivity index (χ0v) is 5.87. The summed E-state index contributed by atoms with van der Waals surface area (Å²) in [5.41, 5.74) is 6.53. The van der Waals surface area contributed by atoms with Crippen LogP contribution >= 0.6 is 0 Å². The smallest absolute Gasteiger partial charge is 0.240 e. The monoisotopic (exact) mass is 149 g/mol. The zero-order chi connectivity index (χ0) is 7.84. The number of hydrogen-bond acceptors (Lipinski definition) is 4. The largest absolute Gasteiger partial charge is 0.366 e. The van der Waals surface area contributed by atoms with Gasteiger partial charge in [0.1, 0.15) is 17.3 Å². The average molecular weight is 149 g/mol. The normalized spacial score (nSPS) is 16.3. The molecule has 0 aliphatic heterocycles. The van der Waals surface area contributed by atoms with Gasteiger partial charge in [0, 0.05) is 5.92 Å². The van der Waals surface area contributed by atoms with E-state index in [4.69, 9.17) is 15.5 Å². The lowest BCUT2D eigenvalue weighted by atomic mass is 10.2. The van der Waals surface area contributed by atoms with Gasteiger partial charge in [-0.25, -0.2) is 0 Å². The van der Waals surface area contributed by atoms with Crippen LogP contribution in [0, 0.1) is 11.3 Å². The SMILES string of the molecule is N#Cc1c(C2CC2)noc1N. The number of nitriles is 1. The molecule has 0 spiro atoms. The minimum absolute atomic E-state index is 0.148. The summed E-state index contributed by atoms with van der Waals surface area (Å²) in [6.07, 6.45) is 2.20. The third-order valence-electron chi connectivity index (χ3n) is 1.82. The molecule has 0 amide bonds. The molecule has 0 radical (unpaired) electrons. The summed E-state index contributed by atoms with van der Waals surface area (Å²) in [6, 6.07) is 1.98. The molecule has 11 heavy (non-hydrogen) atoms. The van der Waals surface area contributed by atoms with Crippen molar-refractivity contribution in [2.45, 2.75) is 18.8 Å². The van der Waals surface area contributed by atoms with Crippen LogP contribution in [-0.2, 0) is 0 Å². The standard InChI is InChI=1S/C7H7N3O/c8-3-5-6(4-1-2-4)10-11-7(5)9/h4H,1-2,9H2. The van der Waals surface area contributed by atoms with E-state index in [1.54, 1.807) is 0 Å². The van der Waals surface area contributed by atoms with Gasteiger partial charge in [0.2, 0.25) is 5.88 Å². The molecule has 1 aromatic heterocycles. The summed E-state index contributed by atoms with van der Waals surface area (Å²) in [5, 5.41) is 12.4. The fourth-order valence-corrected chi connectivity index (χ4v) is 1.06. The molecule has 4 heteroatoms. The van der Waals surface area contributed by atoms with E-state index in [1.165, 1.54) is 0 Å². The Morgan fingerprint density at radius 1 is 1.64 bits per heavy atom. The molecule has 1 aliphatic carbocycles. The van der Waals surface area contributed by atoms with Crippen LogP contribution in [0.5, 0.6) is 0 Å². The summed E-state index contributed by atoms with van der Waals surface area (Å²) in [5.74, 6) is 0.570. The van der Waals surface area contributed by atoms with Gasteiger partial charge in [-0.15, -0.1) is 0 Å². The van der Waals surface area contributed by atoms with Crippen LogP contribution in [0.4, 0.5) is 5.88 Å². The lowest BCUT2D eigenvalue weighted by Crippen LogP contribution is -1.87. The molecule has 4 nitrogen and oxygen atoms in total. The Morgan fingerprint density at radius 3 is 2.91 bits per heavy atom. The highest BCUT2D eigenvalue weighted by Gasteiger charge is 2.31. The van der Waals surface area contributed by atoms with Gasteiger partial charge in [0.15, 0.2) is 0 Å². The topological polar surface area (TPSA) is 75.8 Å². The summed E-state index contributed by atoms with van der Waals surface area (Å²) < 4.78 is 4.69. The number of hydrogen-bond donors (Lipinski definition) is 1. The summed E-state index contributed by atoms with van der Waals surface area (Å²) >= 11 is 0. The van der Waals surface area contributed by atoms with Crippen LogP contribution in [-0.4, -0.2) is 5.16 Å². The van der Waals surface area contributed by atoms with E-state index in [9.17, 15) is 0 Å². The predicted octanol–water partition coefficient (Wildman–Crippen LogP) is 1.01. The van der Waals surface area contributed by atoms with Gasteiger partial charge in [-0.2, -0.15) is 5.26 Å². The number of rotatable bonds is 1. The Kier molecular flexibility index (Phi) is 1.13. The van der Waals surface area contributed by atoms with E-state index >= 15 is 0 Å². The van der Waals surface area contributed by atoms with Crippen molar-refractivity contribution in [2.24, 2.45) is 0 Å². The van der Waals surface area contributed by atoms with Crippen molar-refractivity contribution < 1.29 is 4.52 Å². The summed E-state index contributed by atoms with van der Waals surface area (Å²) in [7, 11) is 0. The van der Waals surface area contributed by atoms with Crippen molar-refractivity contribution in [1.29, 1.82) is 5.26 Å². The van der Waals surface area contributed by atoms with E-state index in [0.717, 1.165) is 18.5 Å². The van der Waals surface area contributed by atoms with Crippen molar-refractivity contribution in [2.75, 3.05) is 5.73 Å². The van der Waals surface area contributed by atoms with E-state index in [0.29, 0.717) is 11.5 Å². The Hall–Kier alpha value is -1.50. The number of nitrogen functional groups attached to an aromatic ring is 1. The fourth-order valence-electron chi connectivity index (χ4n) is 1.06. The molecule has 0 atom stereocenters. The van der Waals surface area contributed by atoms with Crippen LogP contribution in [0.3, 0.4) is 0 Å². The van der Waals surface area contributed by atoms with Gasteiger partial charge in [-0.05, 0) is 12.8 Å².